The van der Waals surface area contributed by atoms with Crippen molar-refractivity contribution in [3.63, 3.8) is 0 Å². The molecule has 0 spiro atoms. The van der Waals surface area contributed by atoms with E-state index in [0.717, 1.165) is 43.2 Å². The molecule has 0 saturated carbocycles. The molecule has 0 bridgehead atoms. The van der Waals surface area contributed by atoms with Crippen LogP contribution in [0.4, 0.5) is 0 Å². The van der Waals surface area contributed by atoms with E-state index in [1.165, 1.54) is 12.0 Å². The highest BCUT2D eigenvalue weighted by Gasteiger charge is 2.30. The van der Waals surface area contributed by atoms with Gasteiger partial charge in [0.25, 0.3) is 0 Å². The third kappa shape index (κ3) is 3.57. The molecule has 2 aliphatic heterocycles. The summed E-state index contributed by atoms with van der Waals surface area (Å²) in [7, 11) is 3.68. The first kappa shape index (κ1) is 17.4. The van der Waals surface area contributed by atoms with Crippen molar-refractivity contribution in [3.05, 3.63) is 41.7 Å². The Hall–Kier alpha value is -2.05. The number of ether oxygens (including phenoxy) is 3. The number of methoxy groups -OCH3 is 1. The number of benzene rings is 1. The van der Waals surface area contributed by atoms with Crippen LogP contribution in [0.2, 0.25) is 0 Å². The summed E-state index contributed by atoms with van der Waals surface area (Å²) in [6.45, 7) is 2.44. The first-order chi connectivity index (χ1) is 12.7. The predicted octanol–water partition coefficient (Wildman–Crippen LogP) is 2.49. The lowest BCUT2D eigenvalue weighted by Crippen LogP contribution is -2.43. The number of hydrogen-bond acceptors (Lipinski definition) is 5. The molecule has 26 heavy (non-hydrogen) atoms. The summed E-state index contributed by atoms with van der Waals surface area (Å²) < 4.78 is 19.3. The molecule has 3 heterocycles. The molecule has 1 N–H and O–H groups in total. The van der Waals surface area contributed by atoms with E-state index >= 15 is 0 Å². The number of fused-ring (bicyclic) bond motifs is 1. The largest absolute Gasteiger partial charge is 0.497 e. The fraction of sp³-hybridized carbons (Fsp3) is 0.550. The van der Waals surface area contributed by atoms with Gasteiger partial charge < -0.3 is 19.5 Å². The summed E-state index contributed by atoms with van der Waals surface area (Å²) in [5.74, 6) is 2.30. The lowest BCUT2D eigenvalue weighted by atomic mass is 9.91. The van der Waals surface area contributed by atoms with Crippen molar-refractivity contribution in [2.75, 3.05) is 26.9 Å². The highest BCUT2D eigenvalue weighted by Crippen LogP contribution is 2.33. The Bertz CT molecular complexity index is 746. The molecule has 6 heteroatoms. The zero-order valence-corrected chi connectivity index (χ0v) is 15.5. The Morgan fingerprint density at radius 2 is 2.27 bits per heavy atom. The van der Waals surface area contributed by atoms with Gasteiger partial charge in [-0.3, -0.25) is 4.68 Å². The summed E-state index contributed by atoms with van der Waals surface area (Å²) in [6.07, 6.45) is 5.19. The van der Waals surface area contributed by atoms with Crippen LogP contribution >= 0.6 is 0 Å². The van der Waals surface area contributed by atoms with Crippen LogP contribution in [0.3, 0.4) is 0 Å². The zero-order valence-electron chi connectivity index (χ0n) is 15.5. The molecule has 1 unspecified atom stereocenters. The minimum atomic E-state index is 0.112. The van der Waals surface area contributed by atoms with Gasteiger partial charge in [-0.2, -0.15) is 5.10 Å². The highest BCUT2D eigenvalue weighted by molar-refractivity contribution is 5.42. The van der Waals surface area contributed by atoms with Gasteiger partial charge in [0, 0.05) is 38.4 Å². The van der Waals surface area contributed by atoms with Crippen LogP contribution in [0.5, 0.6) is 11.5 Å². The van der Waals surface area contributed by atoms with Crippen LogP contribution in [0.1, 0.15) is 30.2 Å². The molecule has 0 aliphatic carbocycles. The predicted molar refractivity (Wildman–Crippen MR) is 98.6 cm³/mol. The topological polar surface area (TPSA) is 57.5 Å². The molecule has 1 aromatic heterocycles. The second kappa shape index (κ2) is 7.68. The van der Waals surface area contributed by atoms with E-state index < -0.39 is 0 Å². The minimum absolute atomic E-state index is 0.112. The quantitative estimate of drug-likeness (QED) is 0.891. The van der Waals surface area contributed by atoms with Gasteiger partial charge in [-0.05, 0) is 49.1 Å². The SMILES string of the molecule is COc1ccc2c(c1)CC(NC[C@@H]1CCCO[C@H]1c1ccnn1C)CO2. The normalized spacial score (nSPS) is 25.4. The van der Waals surface area contributed by atoms with Crippen LogP contribution in [0.25, 0.3) is 0 Å². The minimum Gasteiger partial charge on any atom is -0.497 e. The molecule has 4 rings (SSSR count). The molecule has 0 radical (unpaired) electrons. The van der Waals surface area contributed by atoms with E-state index in [4.69, 9.17) is 14.2 Å². The zero-order chi connectivity index (χ0) is 17.9. The monoisotopic (exact) mass is 357 g/mol. The van der Waals surface area contributed by atoms with Crippen LogP contribution in [-0.2, 0) is 18.2 Å². The number of hydrogen-bond donors (Lipinski definition) is 1. The Labute approximate surface area is 154 Å². The number of aromatic nitrogens is 2. The van der Waals surface area contributed by atoms with Crippen LogP contribution in [-0.4, -0.2) is 42.7 Å². The standard InChI is InChI=1S/C20H27N3O3/c1-23-18(7-8-22-23)20-14(4-3-9-25-20)12-21-16-10-15-11-17(24-2)5-6-19(15)26-13-16/h5-8,11,14,16,20-21H,3-4,9-10,12-13H2,1-2H3/t14-,16?,20+/m0/s1. The Morgan fingerprint density at radius 1 is 1.35 bits per heavy atom. The van der Waals surface area contributed by atoms with E-state index in [1.807, 2.05) is 30.1 Å². The van der Waals surface area contributed by atoms with E-state index in [1.54, 1.807) is 7.11 Å². The average molecular weight is 357 g/mol. The first-order valence-corrected chi connectivity index (χ1v) is 9.37. The maximum Gasteiger partial charge on any atom is 0.122 e. The van der Waals surface area contributed by atoms with Crippen molar-refractivity contribution in [2.45, 2.75) is 31.4 Å². The summed E-state index contributed by atoms with van der Waals surface area (Å²) in [5.41, 5.74) is 2.36. The van der Waals surface area contributed by atoms with Gasteiger partial charge in [0.05, 0.1) is 12.8 Å². The first-order valence-electron chi connectivity index (χ1n) is 9.37. The third-order valence-corrected chi connectivity index (χ3v) is 5.44. The van der Waals surface area contributed by atoms with Gasteiger partial charge >= 0.3 is 0 Å². The number of aryl methyl sites for hydroxylation is 1. The summed E-state index contributed by atoms with van der Waals surface area (Å²) in [4.78, 5) is 0. The average Bonchev–Trinajstić information content (AvgIpc) is 3.11. The van der Waals surface area contributed by atoms with E-state index in [-0.39, 0.29) is 6.10 Å². The smallest absolute Gasteiger partial charge is 0.122 e. The van der Waals surface area contributed by atoms with Crippen molar-refractivity contribution >= 4 is 0 Å². The molecule has 2 aromatic rings. The van der Waals surface area contributed by atoms with Crippen molar-refractivity contribution in [2.24, 2.45) is 13.0 Å². The second-order valence-electron chi connectivity index (χ2n) is 7.17. The highest BCUT2D eigenvalue weighted by atomic mass is 16.5. The maximum atomic E-state index is 6.09. The van der Waals surface area contributed by atoms with Crippen LogP contribution < -0.4 is 14.8 Å². The molecular formula is C20H27N3O3. The molecule has 0 amide bonds. The van der Waals surface area contributed by atoms with Gasteiger partial charge in [-0.25, -0.2) is 0 Å². The summed E-state index contributed by atoms with van der Waals surface area (Å²) in [5, 5.41) is 8.01. The molecule has 3 atom stereocenters. The van der Waals surface area contributed by atoms with Gasteiger partial charge in [0.15, 0.2) is 0 Å². The van der Waals surface area contributed by atoms with Gasteiger partial charge in [0.1, 0.15) is 24.2 Å². The molecule has 140 valence electrons. The molecule has 1 saturated heterocycles. The Balaban J connectivity index is 1.39. The third-order valence-electron chi connectivity index (χ3n) is 5.44. The molecule has 6 nitrogen and oxygen atoms in total. The van der Waals surface area contributed by atoms with Crippen molar-refractivity contribution in [3.8, 4) is 11.5 Å². The molecular weight excluding hydrogens is 330 g/mol. The fourth-order valence-corrected chi connectivity index (χ4v) is 3.99. The van der Waals surface area contributed by atoms with Crippen molar-refractivity contribution < 1.29 is 14.2 Å². The van der Waals surface area contributed by atoms with Crippen molar-refractivity contribution in [1.82, 2.24) is 15.1 Å². The van der Waals surface area contributed by atoms with Gasteiger partial charge in [0.2, 0.25) is 0 Å². The van der Waals surface area contributed by atoms with Crippen LogP contribution in [0.15, 0.2) is 30.5 Å². The second-order valence-corrected chi connectivity index (χ2v) is 7.17. The Kier molecular flexibility index (Phi) is 5.13. The van der Waals surface area contributed by atoms with Crippen molar-refractivity contribution in [1.29, 1.82) is 0 Å². The molecule has 2 aliphatic rings. The molecule has 1 aromatic carbocycles. The van der Waals surface area contributed by atoms with Gasteiger partial charge in [-0.15, -0.1) is 0 Å². The summed E-state index contributed by atoms with van der Waals surface area (Å²) in [6, 6.07) is 8.40. The van der Waals surface area contributed by atoms with Gasteiger partial charge in [-0.1, -0.05) is 0 Å². The lowest BCUT2D eigenvalue weighted by molar-refractivity contribution is -0.0334. The number of nitrogens with one attached hydrogen (secondary N) is 1. The van der Waals surface area contributed by atoms with E-state index in [0.29, 0.717) is 18.6 Å². The number of nitrogens with zero attached hydrogens (tertiary/aromatic N) is 2. The lowest BCUT2D eigenvalue weighted by Gasteiger charge is -2.34. The van der Waals surface area contributed by atoms with E-state index in [2.05, 4.69) is 22.5 Å². The maximum absolute atomic E-state index is 6.09. The number of rotatable bonds is 5. The summed E-state index contributed by atoms with van der Waals surface area (Å²) >= 11 is 0. The molecule has 1 fully saturated rings. The van der Waals surface area contributed by atoms with E-state index in [9.17, 15) is 0 Å². The Morgan fingerprint density at radius 3 is 3.08 bits per heavy atom. The fourth-order valence-electron chi connectivity index (χ4n) is 3.99. The van der Waals surface area contributed by atoms with Crippen LogP contribution in [0, 0.1) is 5.92 Å².